The lowest BCUT2D eigenvalue weighted by atomic mass is 10.2. The highest BCUT2D eigenvalue weighted by atomic mass is 32.2. The van der Waals surface area contributed by atoms with Crippen molar-refractivity contribution < 1.29 is 23.1 Å². The smallest absolute Gasteiger partial charge is 0.407 e. The van der Waals surface area contributed by atoms with Crippen molar-refractivity contribution in [2.75, 3.05) is 31.2 Å². The number of nitrogens with one attached hydrogen (secondary N) is 2. The van der Waals surface area contributed by atoms with Gasteiger partial charge in [0.15, 0.2) is 9.84 Å². The van der Waals surface area contributed by atoms with E-state index in [1.54, 1.807) is 6.92 Å². The third-order valence-electron chi connectivity index (χ3n) is 2.40. The van der Waals surface area contributed by atoms with E-state index in [2.05, 4.69) is 15.4 Å². The Hall–Kier alpha value is -0.860. The number of aliphatic hydroxyl groups excluding tert-OH is 1. The van der Waals surface area contributed by atoms with Crippen LogP contribution in [0.15, 0.2) is 0 Å². The van der Waals surface area contributed by atoms with Gasteiger partial charge in [-0.05, 0) is 6.92 Å². The molecule has 1 aliphatic rings. The van der Waals surface area contributed by atoms with Crippen molar-refractivity contribution in [2.45, 2.75) is 19.1 Å². The van der Waals surface area contributed by atoms with Gasteiger partial charge in [-0.25, -0.2) is 13.2 Å². The van der Waals surface area contributed by atoms with Crippen LogP contribution < -0.4 is 10.6 Å². The van der Waals surface area contributed by atoms with Crippen molar-refractivity contribution in [3.05, 3.63) is 0 Å². The third kappa shape index (κ3) is 4.88. The van der Waals surface area contributed by atoms with E-state index < -0.39 is 28.1 Å². The first-order chi connectivity index (χ1) is 7.94. The van der Waals surface area contributed by atoms with E-state index in [0.29, 0.717) is 19.7 Å². The number of hydrogen-bond donors (Lipinski definition) is 3. The van der Waals surface area contributed by atoms with Crippen molar-refractivity contribution in [1.29, 1.82) is 0 Å². The van der Waals surface area contributed by atoms with E-state index in [9.17, 15) is 18.3 Å². The fraction of sp³-hybridized carbons (Fsp3) is 0.889. The van der Waals surface area contributed by atoms with Gasteiger partial charge in [-0.2, -0.15) is 0 Å². The van der Waals surface area contributed by atoms with Gasteiger partial charge >= 0.3 is 6.09 Å². The zero-order valence-electron chi connectivity index (χ0n) is 9.68. The highest BCUT2D eigenvalue weighted by Crippen LogP contribution is 2.11. The summed E-state index contributed by atoms with van der Waals surface area (Å²) in [4.78, 5) is 10.9. The first-order valence-corrected chi connectivity index (χ1v) is 7.29. The molecule has 1 saturated heterocycles. The molecule has 1 fully saturated rings. The summed E-state index contributed by atoms with van der Waals surface area (Å²) in [5, 5.41) is 14.8. The molecule has 2 atom stereocenters. The molecule has 0 aromatic carbocycles. The standard InChI is InChI=1S/C9H18N2O5S/c1-2-16-9(13)11-4-3-10-7-5-17(14,15)6-8(7)12/h7-8,10,12H,2-6H2,1H3,(H,11,13)/t7-,8+/m1/s1. The molecule has 0 saturated carbocycles. The molecule has 0 spiro atoms. The lowest BCUT2D eigenvalue weighted by molar-refractivity contribution is 0.150. The second-order valence-electron chi connectivity index (χ2n) is 3.85. The fourth-order valence-electron chi connectivity index (χ4n) is 1.63. The summed E-state index contributed by atoms with van der Waals surface area (Å²) in [7, 11) is -3.13. The molecule has 8 heteroatoms. The van der Waals surface area contributed by atoms with Gasteiger partial charge < -0.3 is 20.5 Å². The molecule has 0 unspecified atom stereocenters. The lowest BCUT2D eigenvalue weighted by Crippen LogP contribution is -2.42. The Morgan fingerprint density at radius 2 is 2.12 bits per heavy atom. The summed E-state index contributed by atoms with van der Waals surface area (Å²) in [6.07, 6.45) is -1.38. The summed E-state index contributed by atoms with van der Waals surface area (Å²) in [5.41, 5.74) is 0. The van der Waals surface area contributed by atoms with E-state index in [4.69, 9.17) is 0 Å². The molecular formula is C9H18N2O5S. The van der Waals surface area contributed by atoms with Crippen molar-refractivity contribution in [3.8, 4) is 0 Å². The Labute approximate surface area is 100 Å². The summed E-state index contributed by atoms with van der Waals surface area (Å²) < 4.78 is 27.0. The maximum Gasteiger partial charge on any atom is 0.407 e. The molecule has 1 amide bonds. The lowest BCUT2D eigenvalue weighted by Gasteiger charge is -2.14. The van der Waals surface area contributed by atoms with Crippen molar-refractivity contribution in [2.24, 2.45) is 0 Å². The van der Waals surface area contributed by atoms with Gasteiger partial charge in [0.25, 0.3) is 0 Å². The fourth-order valence-corrected chi connectivity index (χ4v) is 3.40. The number of alkyl carbamates (subject to hydrolysis) is 1. The zero-order valence-corrected chi connectivity index (χ0v) is 10.5. The molecule has 1 heterocycles. The topological polar surface area (TPSA) is 105 Å². The minimum atomic E-state index is -3.13. The van der Waals surface area contributed by atoms with Gasteiger partial charge in [-0.3, -0.25) is 0 Å². The SMILES string of the molecule is CCOC(=O)NCCN[C@@H]1CS(=O)(=O)C[C@@H]1O. The number of rotatable bonds is 5. The van der Waals surface area contributed by atoms with Gasteiger partial charge in [0, 0.05) is 19.1 Å². The number of carbonyl (C=O) groups excluding carboxylic acids is 1. The predicted molar refractivity (Wildman–Crippen MR) is 61.5 cm³/mol. The van der Waals surface area contributed by atoms with Crippen molar-refractivity contribution >= 4 is 15.9 Å². The number of aliphatic hydroxyl groups is 1. The van der Waals surface area contributed by atoms with Crippen LogP contribution in [0.25, 0.3) is 0 Å². The van der Waals surface area contributed by atoms with Crippen LogP contribution in [-0.2, 0) is 14.6 Å². The van der Waals surface area contributed by atoms with Crippen LogP contribution >= 0.6 is 0 Å². The van der Waals surface area contributed by atoms with Crippen LogP contribution in [0.2, 0.25) is 0 Å². The second kappa shape index (κ2) is 6.18. The minimum Gasteiger partial charge on any atom is -0.450 e. The first kappa shape index (κ1) is 14.2. The number of ether oxygens (including phenoxy) is 1. The Balaban J connectivity index is 2.17. The largest absolute Gasteiger partial charge is 0.450 e. The molecule has 0 aromatic rings. The number of amides is 1. The average Bonchev–Trinajstić information content (AvgIpc) is 2.47. The van der Waals surface area contributed by atoms with E-state index >= 15 is 0 Å². The maximum atomic E-state index is 11.2. The summed E-state index contributed by atoms with van der Waals surface area (Å²) in [5.74, 6) is -0.260. The highest BCUT2D eigenvalue weighted by Gasteiger charge is 2.35. The molecule has 0 aliphatic carbocycles. The van der Waals surface area contributed by atoms with Crippen LogP contribution in [0, 0.1) is 0 Å². The molecule has 0 aromatic heterocycles. The average molecular weight is 266 g/mol. The molecule has 0 radical (unpaired) electrons. The van der Waals surface area contributed by atoms with Gasteiger partial charge in [0.05, 0.1) is 24.2 Å². The quantitative estimate of drug-likeness (QED) is 0.522. The number of carbonyl (C=O) groups is 1. The minimum absolute atomic E-state index is 0.0619. The molecule has 0 bridgehead atoms. The van der Waals surface area contributed by atoms with Crippen LogP contribution in [-0.4, -0.2) is 63.0 Å². The number of sulfone groups is 1. The molecule has 3 N–H and O–H groups in total. The van der Waals surface area contributed by atoms with Gasteiger partial charge in [-0.15, -0.1) is 0 Å². The Morgan fingerprint density at radius 3 is 2.65 bits per heavy atom. The molecule has 7 nitrogen and oxygen atoms in total. The van der Waals surface area contributed by atoms with Crippen LogP contribution in [0.1, 0.15) is 6.92 Å². The van der Waals surface area contributed by atoms with E-state index in [1.165, 1.54) is 0 Å². The Kier molecular flexibility index (Phi) is 5.16. The van der Waals surface area contributed by atoms with E-state index in [0.717, 1.165) is 0 Å². The molecule has 100 valence electrons. The Morgan fingerprint density at radius 1 is 1.41 bits per heavy atom. The predicted octanol–water partition coefficient (Wildman–Crippen LogP) is -1.52. The summed E-state index contributed by atoms with van der Waals surface area (Å²) in [6.45, 7) is 2.72. The van der Waals surface area contributed by atoms with Crippen molar-refractivity contribution in [1.82, 2.24) is 10.6 Å². The van der Waals surface area contributed by atoms with Gasteiger partial charge in [-0.1, -0.05) is 0 Å². The van der Waals surface area contributed by atoms with Crippen LogP contribution in [0.4, 0.5) is 4.79 Å². The third-order valence-corrected chi connectivity index (χ3v) is 4.12. The first-order valence-electron chi connectivity index (χ1n) is 5.47. The van der Waals surface area contributed by atoms with Crippen molar-refractivity contribution in [3.63, 3.8) is 0 Å². The van der Waals surface area contributed by atoms with E-state index in [-0.39, 0.29) is 11.5 Å². The van der Waals surface area contributed by atoms with Gasteiger partial charge in [0.1, 0.15) is 0 Å². The Bertz CT molecular complexity index is 356. The number of hydrogen-bond acceptors (Lipinski definition) is 6. The van der Waals surface area contributed by atoms with Gasteiger partial charge in [0.2, 0.25) is 0 Å². The molecule has 17 heavy (non-hydrogen) atoms. The summed E-state index contributed by atoms with van der Waals surface area (Å²) in [6, 6.07) is -0.455. The molecule has 1 aliphatic heterocycles. The molecule has 1 rings (SSSR count). The highest BCUT2D eigenvalue weighted by molar-refractivity contribution is 7.91. The van der Waals surface area contributed by atoms with Crippen LogP contribution in [0.3, 0.4) is 0 Å². The van der Waals surface area contributed by atoms with Crippen LogP contribution in [0.5, 0.6) is 0 Å². The second-order valence-corrected chi connectivity index (χ2v) is 6.01. The zero-order chi connectivity index (χ0) is 12.9. The maximum absolute atomic E-state index is 11.2. The molecular weight excluding hydrogens is 248 g/mol. The monoisotopic (exact) mass is 266 g/mol. The summed E-state index contributed by atoms with van der Waals surface area (Å²) >= 11 is 0. The van der Waals surface area contributed by atoms with E-state index in [1.807, 2.05) is 0 Å². The normalized spacial score (nSPS) is 26.7.